The molecule has 1 aromatic heterocycles. The summed E-state index contributed by atoms with van der Waals surface area (Å²) in [5.74, 6) is 1.40. The molecular weight excluding hydrogens is 190 g/mol. The highest BCUT2D eigenvalue weighted by Gasteiger charge is 1.93. The van der Waals surface area contributed by atoms with E-state index >= 15 is 0 Å². The van der Waals surface area contributed by atoms with Gasteiger partial charge in [-0.3, -0.25) is 0 Å². The Morgan fingerprint density at radius 1 is 1.33 bits per heavy atom. The highest BCUT2D eigenvalue weighted by molar-refractivity contribution is 5.41. The largest absolute Gasteiger partial charge is 0.385 e. The van der Waals surface area contributed by atoms with Crippen molar-refractivity contribution in [3.8, 4) is 0 Å². The van der Waals surface area contributed by atoms with Crippen LogP contribution in [-0.2, 0) is 4.74 Å². The number of hydrogen-bond acceptors (Lipinski definition) is 4. The van der Waals surface area contributed by atoms with Gasteiger partial charge in [0.15, 0.2) is 0 Å². The SMILES string of the molecule is COCCCCCNc1cccc(N)n1. The molecule has 0 spiro atoms. The third-order valence-electron chi connectivity index (χ3n) is 2.10. The molecular formula is C11H19N3O. The Morgan fingerprint density at radius 3 is 2.93 bits per heavy atom. The predicted molar refractivity (Wildman–Crippen MR) is 62.9 cm³/mol. The number of hydrogen-bond donors (Lipinski definition) is 2. The third kappa shape index (κ3) is 5.22. The van der Waals surface area contributed by atoms with Crippen LogP contribution in [0.4, 0.5) is 11.6 Å². The molecule has 0 saturated carbocycles. The van der Waals surface area contributed by atoms with Crippen molar-refractivity contribution in [2.45, 2.75) is 19.3 Å². The summed E-state index contributed by atoms with van der Waals surface area (Å²) in [6.07, 6.45) is 3.41. The first-order chi connectivity index (χ1) is 7.33. The maximum absolute atomic E-state index is 5.56. The van der Waals surface area contributed by atoms with Gasteiger partial charge in [-0.15, -0.1) is 0 Å². The van der Waals surface area contributed by atoms with Crippen LogP contribution in [0.2, 0.25) is 0 Å². The number of anilines is 2. The molecule has 4 heteroatoms. The Morgan fingerprint density at radius 2 is 2.20 bits per heavy atom. The Balaban J connectivity index is 2.10. The summed E-state index contributed by atoms with van der Waals surface area (Å²) in [5.41, 5.74) is 5.56. The summed E-state index contributed by atoms with van der Waals surface area (Å²) in [7, 11) is 1.73. The standard InChI is InChI=1S/C11H19N3O/c1-15-9-4-2-3-8-13-11-7-5-6-10(12)14-11/h5-7H,2-4,8-9H2,1H3,(H3,12,13,14). The van der Waals surface area contributed by atoms with Crippen molar-refractivity contribution < 1.29 is 4.74 Å². The molecule has 1 aromatic rings. The summed E-state index contributed by atoms with van der Waals surface area (Å²) in [5, 5.41) is 3.23. The zero-order valence-corrected chi connectivity index (χ0v) is 9.20. The Labute approximate surface area is 90.8 Å². The van der Waals surface area contributed by atoms with Gasteiger partial charge in [-0.05, 0) is 31.4 Å². The number of nitrogens with two attached hydrogens (primary N) is 1. The second-order valence-corrected chi connectivity index (χ2v) is 3.43. The minimum absolute atomic E-state index is 0.555. The third-order valence-corrected chi connectivity index (χ3v) is 2.10. The molecule has 15 heavy (non-hydrogen) atoms. The van der Waals surface area contributed by atoms with Crippen LogP contribution >= 0.6 is 0 Å². The van der Waals surface area contributed by atoms with Gasteiger partial charge in [-0.1, -0.05) is 6.07 Å². The lowest BCUT2D eigenvalue weighted by Crippen LogP contribution is -2.04. The van der Waals surface area contributed by atoms with Gasteiger partial charge in [0.1, 0.15) is 11.6 Å². The van der Waals surface area contributed by atoms with Crippen molar-refractivity contribution in [3.63, 3.8) is 0 Å². The Bertz CT molecular complexity index is 278. The van der Waals surface area contributed by atoms with Gasteiger partial charge in [0.05, 0.1) is 0 Å². The minimum atomic E-state index is 0.555. The number of ether oxygens (including phenoxy) is 1. The van der Waals surface area contributed by atoms with Crippen LogP contribution in [0.15, 0.2) is 18.2 Å². The van der Waals surface area contributed by atoms with Crippen LogP contribution in [0.1, 0.15) is 19.3 Å². The van der Waals surface area contributed by atoms with Gasteiger partial charge in [0.25, 0.3) is 0 Å². The second-order valence-electron chi connectivity index (χ2n) is 3.43. The van der Waals surface area contributed by atoms with E-state index in [9.17, 15) is 0 Å². The fourth-order valence-electron chi connectivity index (χ4n) is 1.31. The molecule has 0 radical (unpaired) electrons. The van der Waals surface area contributed by atoms with Crippen LogP contribution < -0.4 is 11.1 Å². The summed E-state index contributed by atoms with van der Waals surface area (Å²) >= 11 is 0. The number of rotatable bonds is 7. The first-order valence-electron chi connectivity index (χ1n) is 5.28. The van der Waals surface area contributed by atoms with Crippen molar-refractivity contribution in [1.82, 2.24) is 4.98 Å². The first-order valence-corrected chi connectivity index (χ1v) is 5.28. The lowest BCUT2D eigenvalue weighted by Gasteiger charge is -2.05. The topological polar surface area (TPSA) is 60.2 Å². The molecule has 84 valence electrons. The molecule has 0 amide bonds. The first kappa shape index (κ1) is 11.8. The van der Waals surface area contributed by atoms with Crippen molar-refractivity contribution in [2.24, 2.45) is 0 Å². The van der Waals surface area contributed by atoms with Crippen molar-refractivity contribution >= 4 is 11.6 Å². The van der Waals surface area contributed by atoms with E-state index in [1.807, 2.05) is 12.1 Å². The zero-order chi connectivity index (χ0) is 10.9. The van der Waals surface area contributed by atoms with E-state index in [0.717, 1.165) is 31.8 Å². The second kappa shape index (κ2) is 7.06. The zero-order valence-electron chi connectivity index (χ0n) is 9.20. The molecule has 3 N–H and O–H groups in total. The molecule has 1 rings (SSSR count). The fourth-order valence-corrected chi connectivity index (χ4v) is 1.31. The van der Waals surface area contributed by atoms with Crippen molar-refractivity contribution in [3.05, 3.63) is 18.2 Å². The van der Waals surface area contributed by atoms with Gasteiger partial charge in [0.2, 0.25) is 0 Å². The highest BCUT2D eigenvalue weighted by Crippen LogP contribution is 2.06. The molecule has 1 heterocycles. The predicted octanol–water partition coefficient (Wildman–Crippen LogP) is 1.89. The molecule has 0 aliphatic heterocycles. The number of unbranched alkanes of at least 4 members (excludes halogenated alkanes) is 2. The van der Waals surface area contributed by atoms with E-state index in [4.69, 9.17) is 10.5 Å². The van der Waals surface area contributed by atoms with Crippen molar-refractivity contribution in [2.75, 3.05) is 31.3 Å². The summed E-state index contributed by atoms with van der Waals surface area (Å²) in [6.45, 7) is 1.77. The van der Waals surface area contributed by atoms with Crippen LogP contribution in [0.25, 0.3) is 0 Å². The van der Waals surface area contributed by atoms with Crippen LogP contribution in [0, 0.1) is 0 Å². The lowest BCUT2D eigenvalue weighted by molar-refractivity contribution is 0.192. The van der Waals surface area contributed by atoms with Gasteiger partial charge < -0.3 is 15.8 Å². The number of nitrogens with one attached hydrogen (secondary N) is 1. The van der Waals surface area contributed by atoms with Gasteiger partial charge >= 0.3 is 0 Å². The van der Waals surface area contributed by atoms with E-state index in [2.05, 4.69) is 10.3 Å². The van der Waals surface area contributed by atoms with Gasteiger partial charge in [0, 0.05) is 20.3 Å². The van der Waals surface area contributed by atoms with E-state index in [0.29, 0.717) is 5.82 Å². The number of nitrogen functional groups attached to an aromatic ring is 1. The molecule has 0 aliphatic rings. The average Bonchev–Trinajstić information content (AvgIpc) is 2.23. The summed E-state index contributed by atoms with van der Waals surface area (Å²) < 4.78 is 4.97. The monoisotopic (exact) mass is 209 g/mol. The molecule has 0 fully saturated rings. The fraction of sp³-hybridized carbons (Fsp3) is 0.545. The molecule has 0 bridgehead atoms. The Hall–Kier alpha value is -1.29. The number of aromatic nitrogens is 1. The lowest BCUT2D eigenvalue weighted by atomic mass is 10.2. The van der Waals surface area contributed by atoms with E-state index in [1.165, 1.54) is 6.42 Å². The smallest absolute Gasteiger partial charge is 0.128 e. The molecule has 0 atom stereocenters. The molecule has 4 nitrogen and oxygen atoms in total. The summed E-state index contributed by atoms with van der Waals surface area (Å²) in [6, 6.07) is 5.60. The minimum Gasteiger partial charge on any atom is -0.385 e. The summed E-state index contributed by atoms with van der Waals surface area (Å²) in [4.78, 5) is 4.15. The quantitative estimate of drug-likeness (QED) is 0.673. The number of nitrogens with zero attached hydrogens (tertiary/aromatic N) is 1. The van der Waals surface area contributed by atoms with E-state index in [-0.39, 0.29) is 0 Å². The Kier molecular flexibility index (Phi) is 5.55. The highest BCUT2D eigenvalue weighted by atomic mass is 16.5. The van der Waals surface area contributed by atoms with E-state index < -0.39 is 0 Å². The molecule has 0 aliphatic carbocycles. The van der Waals surface area contributed by atoms with Crippen LogP contribution in [-0.4, -0.2) is 25.2 Å². The average molecular weight is 209 g/mol. The van der Waals surface area contributed by atoms with Crippen LogP contribution in [0.5, 0.6) is 0 Å². The van der Waals surface area contributed by atoms with E-state index in [1.54, 1.807) is 13.2 Å². The molecule has 0 aromatic carbocycles. The number of pyridine rings is 1. The maximum Gasteiger partial charge on any atom is 0.128 e. The number of methoxy groups -OCH3 is 1. The maximum atomic E-state index is 5.56. The van der Waals surface area contributed by atoms with Gasteiger partial charge in [-0.25, -0.2) is 4.98 Å². The molecule has 0 saturated heterocycles. The van der Waals surface area contributed by atoms with Crippen LogP contribution in [0.3, 0.4) is 0 Å². The van der Waals surface area contributed by atoms with Crippen molar-refractivity contribution in [1.29, 1.82) is 0 Å². The van der Waals surface area contributed by atoms with Gasteiger partial charge in [-0.2, -0.15) is 0 Å². The normalized spacial score (nSPS) is 10.2. The molecule has 0 unspecified atom stereocenters.